The van der Waals surface area contributed by atoms with E-state index < -0.39 is 17.8 Å². The second-order valence-electron chi connectivity index (χ2n) is 8.18. The Morgan fingerprint density at radius 2 is 1.84 bits per heavy atom. The van der Waals surface area contributed by atoms with Crippen molar-refractivity contribution in [2.45, 2.75) is 13.8 Å². The van der Waals surface area contributed by atoms with Crippen molar-refractivity contribution in [3.8, 4) is 5.75 Å². The molecule has 0 aliphatic carbocycles. The lowest BCUT2D eigenvalue weighted by Gasteiger charge is -2.27. The number of hydrogen-bond donors (Lipinski definition) is 2. The molecule has 1 saturated heterocycles. The van der Waals surface area contributed by atoms with Crippen molar-refractivity contribution in [1.82, 2.24) is 5.32 Å². The van der Waals surface area contributed by atoms with Crippen LogP contribution < -0.4 is 20.3 Å². The lowest BCUT2D eigenvalue weighted by Crippen LogP contribution is -2.54. The number of urea groups is 1. The first-order valence-corrected chi connectivity index (χ1v) is 12.3. The van der Waals surface area contributed by atoms with Gasteiger partial charge in [0.25, 0.3) is 17.7 Å². The number of para-hydroxylation sites is 1. The summed E-state index contributed by atoms with van der Waals surface area (Å²) in [6, 6.07) is 16.2. The predicted molar refractivity (Wildman–Crippen MR) is 145 cm³/mol. The Morgan fingerprint density at radius 1 is 1.08 bits per heavy atom. The molecule has 8 nitrogen and oxygen atoms in total. The van der Waals surface area contributed by atoms with Gasteiger partial charge in [-0.05, 0) is 82.9 Å². The summed E-state index contributed by atoms with van der Waals surface area (Å²) in [4.78, 5) is 51.3. The van der Waals surface area contributed by atoms with Crippen LogP contribution in [0, 0.1) is 13.8 Å². The van der Waals surface area contributed by atoms with Crippen molar-refractivity contribution in [2.24, 2.45) is 0 Å². The molecule has 0 spiro atoms. The molecular weight excluding hydrogens is 562 g/mol. The number of imide groups is 2. The topological polar surface area (TPSA) is 105 Å². The average molecular weight is 583 g/mol. The third-order valence-electron chi connectivity index (χ3n) is 5.63. The Labute approximate surface area is 226 Å². The summed E-state index contributed by atoms with van der Waals surface area (Å²) in [6.07, 6.45) is 1.37. The quantitative estimate of drug-likeness (QED) is 0.299. The van der Waals surface area contributed by atoms with Gasteiger partial charge in [0.1, 0.15) is 11.3 Å². The summed E-state index contributed by atoms with van der Waals surface area (Å²) in [5.74, 6) is -1.51. The zero-order valence-electron chi connectivity index (χ0n) is 19.8. The fraction of sp³-hybridized carbons (Fsp3) is 0.111. The van der Waals surface area contributed by atoms with Crippen LogP contribution in [0.2, 0.25) is 5.02 Å². The van der Waals surface area contributed by atoms with Crippen molar-refractivity contribution in [1.29, 1.82) is 0 Å². The summed E-state index contributed by atoms with van der Waals surface area (Å²) in [5, 5.41) is 5.37. The van der Waals surface area contributed by atoms with Gasteiger partial charge in [-0.15, -0.1) is 0 Å². The van der Waals surface area contributed by atoms with Crippen LogP contribution in [-0.2, 0) is 14.4 Å². The van der Waals surface area contributed by atoms with Gasteiger partial charge in [-0.3, -0.25) is 19.7 Å². The van der Waals surface area contributed by atoms with Crippen LogP contribution in [0.4, 0.5) is 16.2 Å². The lowest BCUT2D eigenvalue weighted by atomic mass is 10.1. The smallest absolute Gasteiger partial charge is 0.335 e. The standard InChI is InChI=1S/C27H21BrClN3O5/c1-15-6-3-4-8-21(15)30-24(33)14-37-23-11-10-17(13-19(23)28)12-18-25(34)31-27(36)32(26(18)35)22-9-5-7-20(29)16(22)2/h3-13H,14H2,1-2H3,(H,30,33)(H,31,34,36)/b18-12-. The highest BCUT2D eigenvalue weighted by atomic mass is 79.9. The van der Waals surface area contributed by atoms with E-state index in [2.05, 4.69) is 26.6 Å². The van der Waals surface area contributed by atoms with E-state index in [4.69, 9.17) is 16.3 Å². The molecule has 0 unspecified atom stereocenters. The number of nitrogens with one attached hydrogen (secondary N) is 2. The van der Waals surface area contributed by atoms with Gasteiger partial charge >= 0.3 is 6.03 Å². The van der Waals surface area contributed by atoms with Crippen LogP contribution in [0.5, 0.6) is 5.75 Å². The minimum atomic E-state index is -0.855. The SMILES string of the molecule is Cc1ccccc1NC(=O)COc1ccc(/C=C2/C(=O)NC(=O)N(c3cccc(Cl)c3C)C2=O)cc1Br. The van der Waals surface area contributed by atoms with E-state index in [9.17, 15) is 19.2 Å². The molecule has 0 saturated carbocycles. The van der Waals surface area contributed by atoms with Gasteiger partial charge < -0.3 is 10.1 Å². The molecule has 0 atom stereocenters. The maximum atomic E-state index is 13.2. The number of barbiturate groups is 1. The van der Waals surface area contributed by atoms with Crippen LogP contribution in [-0.4, -0.2) is 30.4 Å². The number of halogens is 2. The van der Waals surface area contributed by atoms with Crippen molar-refractivity contribution >= 4 is 68.7 Å². The molecule has 1 heterocycles. The number of carbonyl (C=O) groups is 4. The van der Waals surface area contributed by atoms with Crippen LogP contribution >= 0.6 is 27.5 Å². The van der Waals surface area contributed by atoms with Crippen LogP contribution in [0.1, 0.15) is 16.7 Å². The van der Waals surface area contributed by atoms with Crippen molar-refractivity contribution in [3.63, 3.8) is 0 Å². The molecule has 188 valence electrons. The first-order chi connectivity index (χ1) is 17.7. The average Bonchev–Trinajstić information content (AvgIpc) is 2.85. The number of anilines is 2. The molecule has 37 heavy (non-hydrogen) atoms. The van der Waals surface area contributed by atoms with Gasteiger partial charge in [0.15, 0.2) is 6.61 Å². The fourth-order valence-electron chi connectivity index (χ4n) is 3.65. The van der Waals surface area contributed by atoms with Gasteiger partial charge in [-0.25, -0.2) is 9.69 Å². The monoisotopic (exact) mass is 581 g/mol. The Hall–Kier alpha value is -3.95. The van der Waals surface area contributed by atoms with E-state index >= 15 is 0 Å². The van der Waals surface area contributed by atoms with Crippen molar-refractivity contribution < 1.29 is 23.9 Å². The van der Waals surface area contributed by atoms with E-state index in [0.29, 0.717) is 32.1 Å². The Morgan fingerprint density at radius 3 is 2.57 bits per heavy atom. The van der Waals surface area contributed by atoms with Gasteiger partial charge in [-0.2, -0.15) is 0 Å². The number of ether oxygens (including phenoxy) is 1. The van der Waals surface area contributed by atoms with Crippen molar-refractivity contribution in [2.75, 3.05) is 16.8 Å². The van der Waals surface area contributed by atoms with Gasteiger partial charge in [0.05, 0.1) is 10.2 Å². The molecule has 5 amide bonds. The number of carbonyl (C=O) groups excluding carboxylic acids is 4. The molecule has 10 heteroatoms. The molecular formula is C27H21BrClN3O5. The van der Waals surface area contributed by atoms with Crippen molar-refractivity contribution in [3.05, 3.63) is 92.4 Å². The number of rotatable bonds is 6. The van der Waals surface area contributed by atoms with E-state index in [1.54, 1.807) is 49.4 Å². The van der Waals surface area contributed by atoms with Gasteiger partial charge in [-0.1, -0.05) is 41.9 Å². The van der Waals surface area contributed by atoms with Gasteiger partial charge in [0.2, 0.25) is 0 Å². The maximum absolute atomic E-state index is 13.2. The molecule has 1 aliphatic heterocycles. The summed E-state index contributed by atoms with van der Waals surface area (Å²) >= 11 is 9.55. The molecule has 0 radical (unpaired) electrons. The Balaban J connectivity index is 1.51. The minimum Gasteiger partial charge on any atom is -0.483 e. The number of amides is 5. The number of aryl methyl sites for hydroxylation is 1. The van der Waals surface area contributed by atoms with E-state index in [1.807, 2.05) is 25.1 Å². The number of benzene rings is 3. The zero-order chi connectivity index (χ0) is 26.7. The largest absolute Gasteiger partial charge is 0.483 e. The second-order valence-corrected chi connectivity index (χ2v) is 9.44. The highest BCUT2D eigenvalue weighted by Crippen LogP contribution is 2.31. The molecule has 1 aliphatic rings. The molecule has 1 fully saturated rings. The summed E-state index contributed by atoms with van der Waals surface area (Å²) in [6.45, 7) is 3.35. The number of nitrogens with zero attached hydrogens (tertiary/aromatic N) is 1. The van der Waals surface area contributed by atoms with Crippen LogP contribution in [0.15, 0.2) is 70.7 Å². The van der Waals surface area contributed by atoms with E-state index in [-0.39, 0.29) is 23.8 Å². The summed E-state index contributed by atoms with van der Waals surface area (Å²) < 4.78 is 6.13. The molecule has 0 aromatic heterocycles. The molecule has 3 aromatic rings. The Kier molecular flexibility index (Phi) is 7.75. The molecule has 2 N–H and O–H groups in total. The second kappa shape index (κ2) is 11.0. The normalized spacial score (nSPS) is 14.5. The summed E-state index contributed by atoms with van der Waals surface area (Å²) in [7, 11) is 0. The fourth-order valence-corrected chi connectivity index (χ4v) is 4.33. The zero-order valence-corrected chi connectivity index (χ0v) is 22.1. The molecule has 4 rings (SSSR count). The lowest BCUT2D eigenvalue weighted by molar-refractivity contribution is -0.122. The van der Waals surface area contributed by atoms with Gasteiger partial charge in [0, 0.05) is 10.7 Å². The maximum Gasteiger partial charge on any atom is 0.335 e. The highest BCUT2D eigenvalue weighted by Gasteiger charge is 2.37. The van der Waals surface area contributed by atoms with E-state index in [1.165, 1.54) is 6.08 Å². The predicted octanol–water partition coefficient (Wildman–Crippen LogP) is 5.40. The van der Waals surface area contributed by atoms with Crippen LogP contribution in [0.3, 0.4) is 0 Å². The highest BCUT2D eigenvalue weighted by molar-refractivity contribution is 9.10. The first-order valence-electron chi connectivity index (χ1n) is 11.1. The summed E-state index contributed by atoms with van der Waals surface area (Å²) in [5.41, 5.74) is 2.71. The Bertz CT molecular complexity index is 1470. The minimum absolute atomic E-state index is 0.218. The van der Waals surface area contributed by atoms with Crippen LogP contribution in [0.25, 0.3) is 6.08 Å². The molecule has 3 aromatic carbocycles. The first kappa shape index (κ1) is 26.1. The third-order valence-corrected chi connectivity index (χ3v) is 6.66. The third kappa shape index (κ3) is 5.73. The van der Waals surface area contributed by atoms with E-state index in [0.717, 1.165) is 10.5 Å². The molecule has 0 bridgehead atoms. The number of hydrogen-bond acceptors (Lipinski definition) is 5.